The molecule has 0 atom stereocenters. The first-order valence-corrected chi connectivity index (χ1v) is 6.18. The summed E-state index contributed by atoms with van der Waals surface area (Å²) in [7, 11) is 0. The van der Waals surface area contributed by atoms with Gasteiger partial charge in [0.2, 0.25) is 0 Å². The second-order valence-corrected chi connectivity index (χ2v) is 4.48. The number of aromatic hydroxyl groups is 1. The van der Waals surface area contributed by atoms with E-state index in [4.69, 9.17) is 9.63 Å². The van der Waals surface area contributed by atoms with Crippen LogP contribution in [0.3, 0.4) is 0 Å². The molecule has 0 radical (unpaired) electrons. The summed E-state index contributed by atoms with van der Waals surface area (Å²) in [5.74, 6) is -0.748. The summed E-state index contributed by atoms with van der Waals surface area (Å²) in [6.07, 6.45) is 0.351. The van der Waals surface area contributed by atoms with E-state index < -0.39 is 5.82 Å². The van der Waals surface area contributed by atoms with Gasteiger partial charge in [0.05, 0.1) is 5.56 Å². The molecule has 0 saturated heterocycles. The van der Waals surface area contributed by atoms with Crippen LogP contribution < -0.4 is 0 Å². The number of nitrogens with zero attached hydrogens (tertiary/aromatic N) is 2. The Bertz CT molecular complexity index is 770. The van der Waals surface area contributed by atoms with Gasteiger partial charge in [-0.2, -0.15) is 4.98 Å². The van der Waals surface area contributed by atoms with Gasteiger partial charge in [0.25, 0.3) is 5.89 Å². The van der Waals surface area contributed by atoms with E-state index in [1.807, 2.05) is 0 Å². The monoisotopic (exact) mass is 288 g/mol. The molecule has 0 fully saturated rings. The minimum atomic E-state index is -0.646. The van der Waals surface area contributed by atoms with Crippen molar-refractivity contribution in [1.82, 2.24) is 10.1 Å². The van der Waals surface area contributed by atoms with Crippen molar-refractivity contribution in [3.63, 3.8) is 0 Å². The van der Waals surface area contributed by atoms with Crippen LogP contribution in [-0.2, 0) is 6.42 Å². The summed E-state index contributed by atoms with van der Waals surface area (Å²) in [5.41, 5.74) is 0.931. The van der Waals surface area contributed by atoms with Crippen LogP contribution in [0.25, 0.3) is 11.5 Å². The summed E-state index contributed by atoms with van der Waals surface area (Å²) in [6, 6.07) is 9.59. The molecule has 1 aromatic heterocycles. The Morgan fingerprint density at radius 3 is 2.52 bits per heavy atom. The lowest BCUT2D eigenvalue weighted by Gasteiger charge is -1.97. The second-order valence-electron chi connectivity index (χ2n) is 4.48. The van der Waals surface area contributed by atoms with Gasteiger partial charge in [0.1, 0.15) is 17.4 Å². The van der Waals surface area contributed by atoms with Crippen LogP contribution in [0.4, 0.5) is 8.78 Å². The van der Waals surface area contributed by atoms with Crippen molar-refractivity contribution in [3.05, 3.63) is 65.5 Å². The largest absolute Gasteiger partial charge is 0.508 e. The molecule has 0 spiro atoms. The van der Waals surface area contributed by atoms with Crippen LogP contribution in [0, 0.1) is 11.6 Å². The zero-order valence-electron chi connectivity index (χ0n) is 10.8. The van der Waals surface area contributed by atoms with E-state index in [-0.39, 0.29) is 23.0 Å². The predicted octanol–water partition coefficient (Wildman–Crippen LogP) is 3.31. The van der Waals surface area contributed by atoms with Gasteiger partial charge >= 0.3 is 0 Å². The van der Waals surface area contributed by atoms with E-state index in [9.17, 15) is 8.78 Å². The number of phenolic OH excluding ortho intramolecular Hbond substituents is 1. The van der Waals surface area contributed by atoms with Crippen molar-refractivity contribution < 1.29 is 18.4 Å². The van der Waals surface area contributed by atoms with Crippen LogP contribution in [0.15, 0.2) is 47.0 Å². The standard InChI is InChI=1S/C15H10F2N2O2/c16-10-3-1-9(2-4-10)7-14-18-15(21-19-14)12-6-5-11(20)8-13(12)17/h1-6,8,20H,7H2. The molecule has 0 aliphatic heterocycles. The van der Waals surface area contributed by atoms with Gasteiger partial charge in [-0.15, -0.1) is 0 Å². The first kappa shape index (κ1) is 13.2. The number of rotatable bonds is 3. The van der Waals surface area contributed by atoms with Crippen molar-refractivity contribution in [1.29, 1.82) is 0 Å². The molecule has 0 aliphatic carbocycles. The topological polar surface area (TPSA) is 59.2 Å². The van der Waals surface area contributed by atoms with Crippen LogP contribution >= 0.6 is 0 Å². The Kier molecular flexibility index (Phi) is 3.35. The highest BCUT2D eigenvalue weighted by Gasteiger charge is 2.14. The second kappa shape index (κ2) is 5.32. The highest BCUT2D eigenvalue weighted by Crippen LogP contribution is 2.24. The summed E-state index contributed by atoms with van der Waals surface area (Å²) in [5, 5.41) is 12.9. The average Bonchev–Trinajstić information content (AvgIpc) is 2.90. The first-order chi connectivity index (χ1) is 10.1. The highest BCUT2D eigenvalue weighted by atomic mass is 19.1. The van der Waals surface area contributed by atoms with Crippen molar-refractivity contribution >= 4 is 0 Å². The van der Waals surface area contributed by atoms with Gasteiger partial charge in [-0.25, -0.2) is 8.78 Å². The van der Waals surface area contributed by atoms with Crippen LogP contribution in [0.5, 0.6) is 5.75 Å². The summed E-state index contributed by atoms with van der Waals surface area (Å²) < 4.78 is 31.5. The van der Waals surface area contributed by atoms with Gasteiger partial charge in [0.15, 0.2) is 5.82 Å². The molecule has 0 unspecified atom stereocenters. The molecule has 0 amide bonds. The van der Waals surface area contributed by atoms with E-state index in [1.54, 1.807) is 12.1 Å². The van der Waals surface area contributed by atoms with E-state index in [0.717, 1.165) is 11.6 Å². The Labute approximate surface area is 118 Å². The molecule has 106 valence electrons. The van der Waals surface area contributed by atoms with Crippen molar-refractivity contribution in [3.8, 4) is 17.2 Å². The fraction of sp³-hybridized carbons (Fsp3) is 0.0667. The molecule has 2 aromatic carbocycles. The third-order valence-electron chi connectivity index (χ3n) is 2.93. The number of phenols is 1. The van der Waals surface area contributed by atoms with Gasteiger partial charge in [0, 0.05) is 12.5 Å². The van der Waals surface area contributed by atoms with E-state index in [2.05, 4.69) is 10.1 Å². The Hall–Kier alpha value is -2.76. The predicted molar refractivity (Wildman–Crippen MR) is 70.6 cm³/mol. The summed E-state index contributed by atoms with van der Waals surface area (Å²) in [6.45, 7) is 0. The smallest absolute Gasteiger partial charge is 0.260 e. The maximum Gasteiger partial charge on any atom is 0.260 e. The molecule has 4 nitrogen and oxygen atoms in total. The zero-order valence-corrected chi connectivity index (χ0v) is 10.8. The molecule has 0 bridgehead atoms. The van der Waals surface area contributed by atoms with E-state index in [1.165, 1.54) is 24.3 Å². The Balaban J connectivity index is 1.84. The van der Waals surface area contributed by atoms with Crippen LogP contribution in [-0.4, -0.2) is 15.2 Å². The number of aromatic nitrogens is 2. The average molecular weight is 288 g/mol. The minimum absolute atomic E-state index is 0.0320. The van der Waals surface area contributed by atoms with E-state index >= 15 is 0 Å². The van der Waals surface area contributed by atoms with Gasteiger partial charge in [-0.1, -0.05) is 17.3 Å². The minimum Gasteiger partial charge on any atom is -0.508 e. The first-order valence-electron chi connectivity index (χ1n) is 6.18. The Morgan fingerprint density at radius 1 is 1.05 bits per heavy atom. The van der Waals surface area contributed by atoms with Crippen molar-refractivity contribution in [2.45, 2.75) is 6.42 Å². The molecule has 3 aromatic rings. The van der Waals surface area contributed by atoms with Gasteiger partial charge < -0.3 is 9.63 Å². The SMILES string of the molecule is Oc1ccc(-c2nc(Cc3ccc(F)cc3)no2)c(F)c1. The lowest BCUT2D eigenvalue weighted by molar-refractivity contribution is 0.421. The molecular weight excluding hydrogens is 278 g/mol. The van der Waals surface area contributed by atoms with Crippen molar-refractivity contribution in [2.24, 2.45) is 0 Å². The maximum absolute atomic E-state index is 13.7. The van der Waals surface area contributed by atoms with Crippen molar-refractivity contribution in [2.75, 3.05) is 0 Å². The lowest BCUT2D eigenvalue weighted by atomic mass is 10.1. The quantitative estimate of drug-likeness (QED) is 0.803. The van der Waals surface area contributed by atoms with Gasteiger partial charge in [-0.3, -0.25) is 0 Å². The molecule has 1 heterocycles. The van der Waals surface area contributed by atoms with Crippen LogP contribution in [0.2, 0.25) is 0 Å². The fourth-order valence-corrected chi connectivity index (χ4v) is 1.90. The molecule has 0 aliphatic rings. The third kappa shape index (κ3) is 2.89. The number of halogens is 2. The molecule has 1 N–H and O–H groups in total. The van der Waals surface area contributed by atoms with E-state index in [0.29, 0.717) is 12.2 Å². The fourth-order valence-electron chi connectivity index (χ4n) is 1.90. The summed E-state index contributed by atoms with van der Waals surface area (Å²) >= 11 is 0. The molecule has 21 heavy (non-hydrogen) atoms. The molecule has 0 saturated carbocycles. The van der Waals surface area contributed by atoms with Gasteiger partial charge in [-0.05, 0) is 29.8 Å². The number of hydrogen-bond acceptors (Lipinski definition) is 4. The zero-order chi connectivity index (χ0) is 14.8. The number of hydrogen-bond donors (Lipinski definition) is 1. The lowest BCUT2D eigenvalue weighted by Crippen LogP contribution is -1.91. The Morgan fingerprint density at radius 2 is 1.81 bits per heavy atom. The third-order valence-corrected chi connectivity index (χ3v) is 2.93. The molecular formula is C15H10F2N2O2. The maximum atomic E-state index is 13.7. The normalized spacial score (nSPS) is 10.8. The molecule has 6 heteroatoms. The summed E-state index contributed by atoms with van der Waals surface area (Å²) in [4.78, 5) is 4.10. The highest BCUT2D eigenvalue weighted by molar-refractivity contribution is 5.55. The van der Waals surface area contributed by atoms with Crippen LogP contribution in [0.1, 0.15) is 11.4 Å². The number of benzene rings is 2. The molecule has 3 rings (SSSR count).